The number of aliphatic carboxylic acids is 1. The second-order valence-corrected chi connectivity index (χ2v) is 8.19. The molecule has 0 saturated carbocycles. The van der Waals surface area contributed by atoms with Gasteiger partial charge >= 0.3 is 5.97 Å². The quantitative estimate of drug-likeness (QED) is 0.330. The number of halogens is 1. The number of anilines is 1. The zero-order chi connectivity index (χ0) is 22.4. The molecule has 160 valence electrons. The van der Waals surface area contributed by atoms with Crippen LogP contribution in [0.2, 0.25) is 5.02 Å². The number of hydrogen-bond acceptors (Lipinski definition) is 5. The molecule has 0 unspecified atom stereocenters. The lowest BCUT2D eigenvalue weighted by molar-refractivity contribution is -0.137. The molecule has 0 saturated heterocycles. The van der Waals surface area contributed by atoms with Crippen molar-refractivity contribution in [1.82, 2.24) is 5.43 Å². The summed E-state index contributed by atoms with van der Waals surface area (Å²) < 4.78 is 0.921. The lowest BCUT2D eigenvalue weighted by Crippen LogP contribution is -2.18. The summed E-state index contributed by atoms with van der Waals surface area (Å²) in [7, 11) is 0. The van der Waals surface area contributed by atoms with Crippen LogP contribution in [-0.2, 0) is 9.59 Å². The summed E-state index contributed by atoms with van der Waals surface area (Å²) in [5.74, 6) is -1.59. The van der Waals surface area contributed by atoms with Gasteiger partial charge in [-0.2, -0.15) is 5.10 Å². The van der Waals surface area contributed by atoms with E-state index in [2.05, 4.69) is 15.8 Å². The Morgan fingerprint density at radius 2 is 1.87 bits per heavy atom. The number of carbonyl (C=O) groups excluding carboxylic acids is 2. The molecule has 0 spiro atoms. The van der Waals surface area contributed by atoms with Crippen LogP contribution in [0.3, 0.4) is 0 Å². The Balaban J connectivity index is 1.65. The number of carboxylic acid groups (broad SMARTS) is 1. The molecule has 7 nitrogen and oxygen atoms in total. The fraction of sp³-hybridized carbons (Fsp3) is 0.182. The summed E-state index contributed by atoms with van der Waals surface area (Å²) in [6.45, 7) is 1.74. The van der Waals surface area contributed by atoms with Crippen LogP contribution in [0, 0.1) is 0 Å². The van der Waals surface area contributed by atoms with Gasteiger partial charge < -0.3 is 10.4 Å². The van der Waals surface area contributed by atoms with E-state index in [9.17, 15) is 14.4 Å². The summed E-state index contributed by atoms with van der Waals surface area (Å²) in [6.07, 6.45) is 0.339. The second kappa shape index (κ2) is 10.2. The number of rotatable bonds is 8. The van der Waals surface area contributed by atoms with Crippen molar-refractivity contribution >= 4 is 62.2 Å². The van der Waals surface area contributed by atoms with Crippen molar-refractivity contribution < 1.29 is 19.5 Å². The Bertz CT molecular complexity index is 1170. The third-order valence-corrected chi connectivity index (χ3v) is 6.10. The molecule has 2 amide bonds. The summed E-state index contributed by atoms with van der Waals surface area (Å²) >= 11 is 7.63. The van der Waals surface area contributed by atoms with Crippen LogP contribution in [0.25, 0.3) is 10.1 Å². The number of hydrazone groups is 1. The van der Waals surface area contributed by atoms with E-state index in [4.69, 9.17) is 16.7 Å². The lowest BCUT2D eigenvalue weighted by Gasteiger charge is -2.07. The highest BCUT2D eigenvalue weighted by atomic mass is 35.5. The highest BCUT2D eigenvalue weighted by Crippen LogP contribution is 2.34. The molecule has 0 aliphatic rings. The third-order valence-electron chi connectivity index (χ3n) is 4.42. The van der Waals surface area contributed by atoms with Gasteiger partial charge in [0.05, 0.1) is 10.7 Å². The van der Waals surface area contributed by atoms with Crippen LogP contribution >= 0.6 is 22.9 Å². The number of nitrogens with one attached hydrogen (secondary N) is 2. The number of fused-ring (bicyclic) bond motifs is 1. The van der Waals surface area contributed by atoms with Gasteiger partial charge in [0.15, 0.2) is 0 Å². The van der Waals surface area contributed by atoms with Crippen molar-refractivity contribution in [3.8, 4) is 0 Å². The van der Waals surface area contributed by atoms with E-state index in [1.807, 2.05) is 24.3 Å². The molecule has 31 heavy (non-hydrogen) atoms. The maximum Gasteiger partial charge on any atom is 0.303 e. The third kappa shape index (κ3) is 5.90. The van der Waals surface area contributed by atoms with Gasteiger partial charge in [-0.15, -0.1) is 11.3 Å². The predicted molar refractivity (Wildman–Crippen MR) is 123 cm³/mol. The number of hydrogen-bond donors (Lipinski definition) is 3. The highest BCUT2D eigenvalue weighted by Gasteiger charge is 2.16. The lowest BCUT2D eigenvalue weighted by atomic mass is 10.1. The number of carbonyl (C=O) groups is 3. The van der Waals surface area contributed by atoms with Crippen molar-refractivity contribution in [3.05, 3.63) is 64.0 Å². The number of thiophene rings is 1. The van der Waals surface area contributed by atoms with E-state index in [-0.39, 0.29) is 25.2 Å². The molecule has 0 radical (unpaired) electrons. The summed E-state index contributed by atoms with van der Waals surface area (Å²) in [5, 5.41) is 16.8. The first-order chi connectivity index (χ1) is 14.8. The van der Waals surface area contributed by atoms with Crippen LogP contribution in [0.15, 0.2) is 53.6 Å². The average molecular weight is 458 g/mol. The molecule has 3 N–H and O–H groups in total. The molecule has 0 atom stereocenters. The topological polar surface area (TPSA) is 108 Å². The van der Waals surface area contributed by atoms with Gasteiger partial charge in [-0.05, 0) is 37.1 Å². The van der Waals surface area contributed by atoms with Crippen molar-refractivity contribution in [3.63, 3.8) is 0 Å². The first kappa shape index (κ1) is 22.5. The van der Waals surface area contributed by atoms with E-state index in [1.54, 1.807) is 31.2 Å². The van der Waals surface area contributed by atoms with Crippen molar-refractivity contribution in [2.45, 2.75) is 26.2 Å². The first-order valence-electron chi connectivity index (χ1n) is 9.49. The maximum atomic E-state index is 12.5. The summed E-state index contributed by atoms with van der Waals surface area (Å²) in [6, 6.07) is 14.5. The molecule has 1 aromatic heterocycles. The Morgan fingerprint density at radius 1 is 1.10 bits per heavy atom. The van der Waals surface area contributed by atoms with Gasteiger partial charge in [-0.1, -0.05) is 41.9 Å². The molecule has 1 heterocycles. The maximum absolute atomic E-state index is 12.5. The summed E-state index contributed by atoms with van der Waals surface area (Å²) in [4.78, 5) is 35.4. The van der Waals surface area contributed by atoms with E-state index in [0.29, 0.717) is 26.9 Å². The molecule has 3 rings (SSSR count). The Morgan fingerprint density at radius 3 is 2.61 bits per heavy atom. The normalized spacial score (nSPS) is 11.4. The number of benzene rings is 2. The van der Waals surface area contributed by atoms with Gasteiger partial charge in [0.25, 0.3) is 5.91 Å². The van der Waals surface area contributed by atoms with Crippen molar-refractivity contribution in [2.75, 3.05) is 5.32 Å². The van der Waals surface area contributed by atoms with Gasteiger partial charge in [0.2, 0.25) is 5.91 Å². The molecule has 0 fully saturated rings. The summed E-state index contributed by atoms with van der Waals surface area (Å²) in [5.41, 5.74) is 4.35. The van der Waals surface area contributed by atoms with Crippen LogP contribution in [-0.4, -0.2) is 28.6 Å². The second-order valence-electron chi connectivity index (χ2n) is 6.76. The van der Waals surface area contributed by atoms with E-state index >= 15 is 0 Å². The fourth-order valence-corrected chi connectivity index (χ4v) is 4.26. The van der Waals surface area contributed by atoms with E-state index < -0.39 is 11.9 Å². The minimum absolute atomic E-state index is 0.0528. The van der Waals surface area contributed by atoms with Gasteiger partial charge in [-0.3, -0.25) is 14.4 Å². The van der Waals surface area contributed by atoms with Gasteiger partial charge in [0.1, 0.15) is 4.88 Å². The molecular formula is C22H20ClN3O4S. The monoisotopic (exact) mass is 457 g/mol. The standard InChI is InChI=1S/C22H20ClN3O4S/c1-13(14-6-4-7-15(12-14)24-18(27)10-5-11-19(28)29)25-26-22(30)21-20(23)16-8-2-3-9-17(16)31-21/h2-4,6-9,12H,5,10-11H2,1H3,(H,24,27)(H,26,30)(H,28,29)/b25-13+. The molecule has 2 aromatic carbocycles. The number of nitrogens with zero attached hydrogens (tertiary/aromatic N) is 1. The molecule has 0 aliphatic carbocycles. The van der Waals surface area contributed by atoms with Gasteiger partial charge in [0, 0.05) is 28.6 Å². The predicted octanol–water partition coefficient (Wildman–Crippen LogP) is 4.90. The Hall–Kier alpha value is -3.23. The Labute approximate surface area is 187 Å². The van der Waals surface area contributed by atoms with Crippen molar-refractivity contribution in [1.29, 1.82) is 0 Å². The smallest absolute Gasteiger partial charge is 0.303 e. The van der Waals surface area contributed by atoms with Crippen molar-refractivity contribution in [2.24, 2.45) is 5.10 Å². The molecule has 0 bridgehead atoms. The largest absolute Gasteiger partial charge is 0.481 e. The van der Waals surface area contributed by atoms with Crippen LogP contribution < -0.4 is 10.7 Å². The van der Waals surface area contributed by atoms with Gasteiger partial charge in [-0.25, -0.2) is 5.43 Å². The number of amides is 2. The Kier molecular flexibility index (Phi) is 7.38. The molecular weight excluding hydrogens is 438 g/mol. The van der Waals surface area contributed by atoms with Crippen LogP contribution in [0.4, 0.5) is 5.69 Å². The van der Waals surface area contributed by atoms with E-state index in [0.717, 1.165) is 10.1 Å². The van der Waals surface area contributed by atoms with Crippen LogP contribution in [0.1, 0.15) is 41.4 Å². The number of carboxylic acids is 1. The van der Waals surface area contributed by atoms with Crippen LogP contribution in [0.5, 0.6) is 0 Å². The minimum Gasteiger partial charge on any atom is -0.481 e. The molecule has 0 aliphatic heterocycles. The average Bonchev–Trinajstić information content (AvgIpc) is 3.08. The zero-order valence-electron chi connectivity index (χ0n) is 16.6. The van der Waals surface area contributed by atoms with E-state index in [1.165, 1.54) is 11.3 Å². The molecule has 3 aromatic rings. The molecule has 9 heteroatoms. The SMILES string of the molecule is C/C(=N\NC(=O)c1sc2ccccc2c1Cl)c1cccc(NC(=O)CCCC(=O)O)c1. The minimum atomic E-state index is -0.930. The highest BCUT2D eigenvalue weighted by molar-refractivity contribution is 7.21. The zero-order valence-corrected chi connectivity index (χ0v) is 18.2. The first-order valence-corrected chi connectivity index (χ1v) is 10.7. The fourth-order valence-electron chi connectivity index (χ4n) is 2.86.